The third-order valence-electron chi connectivity index (χ3n) is 3.68. The molecule has 0 radical (unpaired) electrons. The summed E-state index contributed by atoms with van der Waals surface area (Å²) in [6, 6.07) is 4.53. The minimum Gasteiger partial charge on any atom is -0.376 e. The summed E-state index contributed by atoms with van der Waals surface area (Å²) >= 11 is 5.84. The molecule has 2 atom stereocenters. The van der Waals surface area contributed by atoms with E-state index in [1.807, 2.05) is 0 Å². The molecule has 0 saturated carbocycles. The summed E-state index contributed by atoms with van der Waals surface area (Å²) in [6.07, 6.45) is 2.49. The quantitative estimate of drug-likeness (QED) is 0.831. The first-order valence-electron chi connectivity index (χ1n) is 7.61. The van der Waals surface area contributed by atoms with Crippen molar-refractivity contribution in [2.24, 2.45) is 5.73 Å². The van der Waals surface area contributed by atoms with Crippen LogP contribution in [0.4, 0.5) is 5.69 Å². The zero-order chi connectivity index (χ0) is 16.8. The zero-order valence-corrected chi connectivity index (χ0v) is 13.8. The van der Waals surface area contributed by atoms with E-state index in [4.69, 9.17) is 26.8 Å². The number of ether oxygens (including phenoxy) is 2. The maximum absolute atomic E-state index is 12.2. The highest BCUT2D eigenvalue weighted by Crippen LogP contribution is 2.21. The Kier molecular flexibility index (Phi) is 6.38. The van der Waals surface area contributed by atoms with Gasteiger partial charge in [-0.25, -0.2) is 0 Å². The number of carbonyl (C=O) groups excluding carboxylic acids is 2. The van der Waals surface area contributed by atoms with Crippen LogP contribution in [0.1, 0.15) is 36.5 Å². The minimum atomic E-state index is -0.670. The number of primary amides is 1. The van der Waals surface area contributed by atoms with Gasteiger partial charge in [0.05, 0.1) is 24.0 Å². The highest BCUT2D eigenvalue weighted by atomic mass is 35.5. The lowest BCUT2D eigenvalue weighted by atomic mass is 10.1. The molecule has 1 aromatic rings. The van der Waals surface area contributed by atoms with Crippen molar-refractivity contribution in [3.05, 3.63) is 28.8 Å². The zero-order valence-electron chi connectivity index (χ0n) is 13.0. The number of anilines is 1. The summed E-state index contributed by atoms with van der Waals surface area (Å²) in [5.74, 6) is -1.02. The molecule has 23 heavy (non-hydrogen) atoms. The van der Waals surface area contributed by atoms with E-state index in [1.54, 1.807) is 13.0 Å². The Morgan fingerprint density at radius 1 is 1.48 bits per heavy atom. The molecule has 6 nitrogen and oxygen atoms in total. The monoisotopic (exact) mass is 340 g/mol. The second-order valence-electron chi connectivity index (χ2n) is 5.51. The second kappa shape index (κ2) is 8.29. The molecular formula is C16H21ClN2O4. The summed E-state index contributed by atoms with van der Waals surface area (Å²) in [6.45, 7) is 2.76. The Hall–Kier alpha value is -1.63. The van der Waals surface area contributed by atoms with Gasteiger partial charge in [-0.1, -0.05) is 11.6 Å². The molecule has 126 valence electrons. The first-order valence-corrected chi connectivity index (χ1v) is 7.98. The predicted octanol–water partition coefficient (Wildman–Crippen LogP) is 2.35. The fourth-order valence-corrected chi connectivity index (χ4v) is 2.50. The van der Waals surface area contributed by atoms with Gasteiger partial charge in [-0.15, -0.1) is 0 Å². The van der Waals surface area contributed by atoms with Crippen molar-refractivity contribution in [3.8, 4) is 0 Å². The molecule has 0 spiro atoms. The van der Waals surface area contributed by atoms with Crippen molar-refractivity contribution in [1.82, 2.24) is 0 Å². The summed E-state index contributed by atoms with van der Waals surface area (Å²) in [5.41, 5.74) is 5.77. The van der Waals surface area contributed by atoms with Crippen molar-refractivity contribution in [3.63, 3.8) is 0 Å². The average Bonchev–Trinajstić information content (AvgIpc) is 2.55. The smallest absolute Gasteiger partial charge is 0.253 e. The number of halogens is 1. The maximum atomic E-state index is 12.2. The lowest BCUT2D eigenvalue weighted by Crippen LogP contribution is -2.33. The Morgan fingerprint density at radius 3 is 2.91 bits per heavy atom. The molecule has 2 rings (SSSR count). The number of rotatable bonds is 6. The standard InChI is InChI=1S/C16H21ClN2O4/c1-10(23-9-12-4-2-3-7-22-12)16(21)19-14-6-5-11(17)8-13(14)15(18)20/h5-6,8,10,12H,2-4,7,9H2,1H3,(H2,18,20)(H,19,21). The molecule has 1 saturated heterocycles. The van der Waals surface area contributed by atoms with Crippen molar-refractivity contribution < 1.29 is 19.1 Å². The maximum Gasteiger partial charge on any atom is 0.253 e. The Morgan fingerprint density at radius 2 is 2.26 bits per heavy atom. The van der Waals surface area contributed by atoms with Crippen molar-refractivity contribution in [2.45, 2.75) is 38.4 Å². The van der Waals surface area contributed by atoms with Gasteiger partial charge >= 0.3 is 0 Å². The molecule has 1 heterocycles. The van der Waals surface area contributed by atoms with Crippen LogP contribution in [0.2, 0.25) is 5.02 Å². The molecule has 0 aliphatic carbocycles. The average molecular weight is 341 g/mol. The van der Waals surface area contributed by atoms with E-state index >= 15 is 0 Å². The summed E-state index contributed by atoms with van der Waals surface area (Å²) in [4.78, 5) is 23.6. The van der Waals surface area contributed by atoms with Gasteiger partial charge in [-0.05, 0) is 44.4 Å². The van der Waals surface area contributed by atoms with Gasteiger partial charge in [0.15, 0.2) is 0 Å². The van der Waals surface area contributed by atoms with Gasteiger partial charge in [0.1, 0.15) is 6.10 Å². The lowest BCUT2D eigenvalue weighted by Gasteiger charge is -2.24. The SMILES string of the molecule is CC(OCC1CCCCO1)C(=O)Nc1ccc(Cl)cc1C(N)=O. The highest BCUT2D eigenvalue weighted by Gasteiger charge is 2.20. The molecule has 0 aromatic heterocycles. The van der Waals surface area contributed by atoms with Gasteiger partial charge in [-0.2, -0.15) is 0 Å². The number of carbonyl (C=O) groups is 2. The van der Waals surface area contributed by atoms with Crippen LogP contribution in [0.15, 0.2) is 18.2 Å². The number of hydrogen-bond donors (Lipinski definition) is 2. The second-order valence-corrected chi connectivity index (χ2v) is 5.94. The first kappa shape index (κ1) is 17.7. The van der Waals surface area contributed by atoms with Crippen LogP contribution in [-0.4, -0.2) is 37.2 Å². The summed E-state index contributed by atoms with van der Waals surface area (Å²) in [7, 11) is 0. The third-order valence-corrected chi connectivity index (χ3v) is 3.92. The van der Waals surface area contributed by atoms with Crippen LogP contribution in [0.5, 0.6) is 0 Å². The van der Waals surface area contributed by atoms with E-state index in [0.29, 0.717) is 17.3 Å². The van der Waals surface area contributed by atoms with Crippen molar-refractivity contribution >= 4 is 29.1 Å². The van der Waals surface area contributed by atoms with E-state index in [2.05, 4.69) is 5.32 Å². The van der Waals surface area contributed by atoms with Gasteiger partial charge < -0.3 is 20.5 Å². The Bertz CT molecular complexity index is 573. The van der Waals surface area contributed by atoms with Crippen LogP contribution in [0, 0.1) is 0 Å². The van der Waals surface area contributed by atoms with Crippen LogP contribution < -0.4 is 11.1 Å². The predicted molar refractivity (Wildman–Crippen MR) is 87.6 cm³/mol. The Labute approximate surface area is 140 Å². The van der Waals surface area contributed by atoms with Crippen molar-refractivity contribution in [2.75, 3.05) is 18.5 Å². The fraction of sp³-hybridized carbons (Fsp3) is 0.500. The normalized spacial score (nSPS) is 19.1. The number of benzene rings is 1. The number of amides is 2. The van der Waals surface area contributed by atoms with E-state index in [-0.39, 0.29) is 17.6 Å². The molecule has 2 unspecified atom stereocenters. The third kappa shape index (κ3) is 5.20. The lowest BCUT2D eigenvalue weighted by molar-refractivity contribution is -0.130. The fourth-order valence-electron chi connectivity index (χ4n) is 2.33. The van der Waals surface area contributed by atoms with Gasteiger partial charge in [0, 0.05) is 11.6 Å². The molecule has 2 amide bonds. The molecular weight excluding hydrogens is 320 g/mol. The molecule has 7 heteroatoms. The van der Waals surface area contributed by atoms with Gasteiger partial charge in [-0.3, -0.25) is 9.59 Å². The number of nitrogens with two attached hydrogens (primary N) is 1. The van der Waals surface area contributed by atoms with E-state index in [0.717, 1.165) is 25.9 Å². The molecule has 3 N–H and O–H groups in total. The van der Waals surface area contributed by atoms with E-state index < -0.39 is 12.0 Å². The Balaban J connectivity index is 1.91. The number of hydrogen-bond acceptors (Lipinski definition) is 4. The van der Waals surface area contributed by atoms with Gasteiger partial charge in [0.25, 0.3) is 11.8 Å². The van der Waals surface area contributed by atoms with Gasteiger partial charge in [0.2, 0.25) is 0 Å². The molecule has 1 aliphatic heterocycles. The van der Waals surface area contributed by atoms with Crippen LogP contribution in [-0.2, 0) is 14.3 Å². The summed E-state index contributed by atoms with van der Waals surface area (Å²) < 4.78 is 11.1. The minimum absolute atomic E-state index is 0.0377. The molecule has 1 fully saturated rings. The number of nitrogens with one attached hydrogen (secondary N) is 1. The van der Waals surface area contributed by atoms with E-state index in [9.17, 15) is 9.59 Å². The first-order chi connectivity index (χ1) is 11.0. The summed E-state index contributed by atoms with van der Waals surface area (Å²) in [5, 5.41) is 3.01. The van der Waals surface area contributed by atoms with Crippen LogP contribution in [0.3, 0.4) is 0 Å². The van der Waals surface area contributed by atoms with E-state index in [1.165, 1.54) is 12.1 Å². The van der Waals surface area contributed by atoms with Crippen LogP contribution >= 0.6 is 11.6 Å². The molecule has 1 aliphatic rings. The molecule has 0 bridgehead atoms. The molecule has 1 aromatic carbocycles. The van der Waals surface area contributed by atoms with Crippen LogP contribution in [0.25, 0.3) is 0 Å². The highest BCUT2D eigenvalue weighted by molar-refractivity contribution is 6.31. The van der Waals surface area contributed by atoms with Crippen molar-refractivity contribution in [1.29, 1.82) is 0 Å². The topological polar surface area (TPSA) is 90.7 Å². The largest absolute Gasteiger partial charge is 0.376 e.